The van der Waals surface area contributed by atoms with Crippen LogP contribution in [0.1, 0.15) is 20.3 Å². The minimum atomic E-state index is 0.940. The molecule has 0 fully saturated rings. The van der Waals surface area contributed by atoms with Crippen LogP contribution in [0.15, 0.2) is 17.8 Å². The Hall–Kier alpha value is -1.31. The van der Waals surface area contributed by atoms with Crippen molar-refractivity contribution in [1.82, 2.24) is 10.2 Å². The van der Waals surface area contributed by atoms with Crippen LogP contribution in [0.5, 0.6) is 0 Å². The molecule has 64 valence electrons. The van der Waals surface area contributed by atoms with Crippen molar-refractivity contribution in [3.8, 4) is 0 Å². The summed E-state index contributed by atoms with van der Waals surface area (Å²) in [6, 6.07) is 0. The average molecular weight is 162 g/mol. The van der Waals surface area contributed by atoms with Crippen LogP contribution in [0.3, 0.4) is 0 Å². The number of hydrogen-bond acceptors (Lipinski definition) is 1. The quantitative estimate of drug-likeness (QED) is 0.689. The molecule has 1 aromatic rings. The van der Waals surface area contributed by atoms with Gasteiger partial charge < -0.3 is 0 Å². The Kier molecular flexibility index (Phi) is 2.86. The van der Waals surface area contributed by atoms with E-state index in [9.17, 15) is 0 Å². The molecule has 0 aromatic carbocycles. The van der Waals surface area contributed by atoms with Gasteiger partial charge in [-0.25, -0.2) is 0 Å². The van der Waals surface area contributed by atoms with Crippen molar-refractivity contribution < 1.29 is 0 Å². The molecule has 0 unspecified atom stereocenters. The summed E-state index contributed by atoms with van der Waals surface area (Å²) in [6.45, 7) is 8.07. The molecule has 0 saturated heterocycles. The Bertz CT molecular complexity index is 371. The zero-order valence-corrected chi connectivity index (χ0v) is 7.59. The van der Waals surface area contributed by atoms with Crippen LogP contribution >= 0.6 is 0 Å². The number of allylic oxidation sites excluding steroid dienone is 2. The van der Waals surface area contributed by atoms with Gasteiger partial charge in [0.1, 0.15) is 0 Å². The van der Waals surface area contributed by atoms with Crippen molar-refractivity contribution >= 4 is 12.7 Å². The first-order valence-electron chi connectivity index (χ1n) is 4.10. The molecule has 0 amide bonds. The Morgan fingerprint density at radius 1 is 1.75 bits per heavy atom. The van der Waals surface area contributed by atoms with Gasteiger partial charge in [-0.05, 0) is 19.4 Å². The van der Waals surface area contributed by atoms with Gasteiger partial charge in [-0.15, -0.1) is 0 Å². The predicted octanol–water partition coefficient (Wildman–Crippen LogP) is 0.957. The second-order valence-electron chi connectivity index (χ2n) is 2.84. The maximum absolute atomic E-state index is 3.88. The van der Waals surface area contributed by atoms with Gasteiger partial charge in [0, 0.05) is 5.22 Å². The standard InChI is InChI=1S/C10H14N2/c1-4-8(2)5-6-10-9(3)7-11-12-10/h5-7,12H,3-4H2,1-2H3. The molecule has 0 aliphatic rings. The van der Waals surface area contributed by atoms with Crippen LogP contribution in [0.2, 0.25) is 0 Å². The Balaban J connectivity index is 2.99. The summed E-state index contributed by atoms with van der Waals surface area (Å²) in [5, 5.41) is 8.68. The van der Waals surface area contributed by atoms with Gasteiger partial charge in [-0.3, -0.25) is 5.10 Å². The third-order valence-electron chi connectivity index (χ3n) is 1.84. The molecule has 0 saturated carbocycles. The molecular formula is C10H14N2. The highest BCUT2D eigenvalue weighted by molar-refractivity contribution is 5.36. The zero-order chi connectivity index (χ0) is 8.97. The lowest BCUT2D eigenvalue weighted by molar-refractivity contribution is 1.06. The third-order valence-corrected chi connectivity index (χ3v) is 1.84. The number of hydrogen-bond donors (Lipinski definition) is 1. The van der Waals surface area contributed by atoms with E-state index in [0.717, 1.165) is 17.0 Å². The van der Waals surface area contributed by atoms with E-state index in [4.69, 9.17) is 0 Å². The van der Waals surface area contributed by atoms with Crippen molar-refractivity contribution in [2.24, 2.45) is 0 Å². The maximum atomic E-state index is 3.88. The molecular weight excluding hydrogens is 148 g/mol. The SMILES string of the molecule is C=c1cn[nH]c1=CC=C(C)CC. The predicted molar refractivity (Wildman–Crippen MR) is 51.9 cm³/mol. The lowest BCUT2D eigenvalue weighted by Crippen LogP contribution is -2.19. The van der Waals surface area contributed by atoms with E-state index in [1.54, 1.807) is 6.20 Å². The molecule has 0 aliphatic heterocycles. The van der Waals surface area contributed by atoms with E-state index < -0.39 is 0 Å². The third kappa shape index (κ3) is 2.09. The minimum absolute atomic E-state index is 0.940. The monoisotopic (exact) mass is 162 g/mol. The molecule has 1 aromatic heterocycles. The smallest absolute Gasteiger partial charge is 0.0644 e. The molecule has 2 nitrogen and oxygen atoms in total. The number of aromatic amines is 1. The molecule has 1 heterocycles. The molecule has 0 aliphatic carbocycles. The van der Waals surface area contributed by atoms with E-state index in [2.05, 4.69) is 36.7 Å². The second-order valence-corrected chi connectivity index (χ2v) is 2.84. The van der Waals surface area contributed by atoms with Gasteiger partial charge in [-0.1, -0.05) is 25.2 Å². The second kappa shape index (κ2) is 3.90. The van der Waals surface area contributed by atoms with Crippen LogP contribution in [-0.2, 0) is 0 Å². The number of nitrogens with zero attached hydrogens (tertiary/aromatic N) is 1. The fourth-order valence-electron chi connectivity index (χ4n) is 0.809. The topological polar surface area (TPSA) is 28.7 Å². The van der Waals surface area contributed by atoms with Crippen LogP contribution in [0.25, 0.3) is 12.7 Å². The van der Waals surface area contributed by atoms with Crippen molar-refractivity contribution in [3.63, 3.8) is 0 Å². The van der Waals surface area contributed by atoms with E-state index in [1.165, 1.54) is 5.57 Å². The molecule has 1 rings (SSSR count). The fourth-order valence-corrected chi connectivity index (χ4v) is 0.809. The first kappa shape index (κ1) is 8.78. The van der Waals surface area contributed by atoms with Gasteiger partial charge in [-0.2, -0.15) is 5.10 Å². The van der Waals surface area contributed by atoms with Gasteiger partial charge in [0.2, 0.25) is 0 Å². The van der Waals surface area contributed by atoms with Gasteiger partial charge in [0.25, 0.3) is 0 Å². The average Bonchev–Trinajstić information content (AvgIpc) is 2.47. The van der Waals surface area contributed by atoms with E-state index >= 15 is 0 Å². The number of rotatable bonds is 2. The summed E-state index contributed by atoms with van der Waals surface area (Å²) < 4.78 is 0. The molecule has 0 atom stereocenters. The zero-order valence-electron chi connectivity index (χ0n) is 7.59. The first-order chi connectivity index (χ1) is 5.74. The highest BCUT2D eigenvalue weighted by atomic mass is 15.1. The van der Waals surface area contributed by atoms with Gasteiger partial charge in [0.15, 0.2) is 0 Å². The summed E-state index contributed by atoms with van der Waals surface area (Å²) in [6.07, 6.45) is 6.90. The van der Waals surface area contributed by atoms with E-state index in [0.29, 0.717) is 0 Å². The largest absolute Gasteiger partial charge is 0.278 e. The highest BCUT2D eigenvalue weighted by Gasteiger charge is 1.82. The van der Waals surface area contributed by atoms with Crippen molar-refractivity contribution in [3.05, 3.63) is 28.4 Å². The van der Waals surface area contributed by atoms with Crippen molar-refractivity contribution in [2.45, 2.75) is 20.3 Å². The van der Waals surface area contributed by atoms with Crippen LogP contribution < -0.4 is 10.6 Å². The minimum Gasteiger partial charge on any atom is -0.278 e. The van der Waals surface area contributed by atoms with Gasteiger partial charge in [0.05, 0.1) is 11.5 Å². The van der Waals surface area contributed by atoms with E-state index in [-0.39, 0.29) is 0 Å². The first-order valence-corrected chi connectivity index (χ1v) is 4.10. The Morgan fingerprint density at radius 2 is 2.50 bits per heavy atom. The normalized spacial score (nSPS) is 13.8. The molecule has 12 heavy (non-hydrogen) atoms. The summed E-state index contributed by atoms with van der Waals surface area (Å²) in [7, 11) is 0. The lowest BCUT2D eigenvalue weighted by Gasteiger charge is -1.87. The molecule has 0 bridgehead atoms. The summed E-state index contributed by atoms with van der Waals surface area (Å²) in [5.41, 5.74) is 1.35. The Labute approximate surface area is 72.3 Å². The summed E-state index contributed by atoms with van der Waals surface area (Å²) in [4.78, 5) is 0. The number of aromatic nitrogens is 2. The molecule has 0 radical (unpaired) electrons. The van der Waals surface area contributed by atoms with Gasteiger partial charge >= 0.3 is 0 Å². The summed E-state index contributed by atoms with van der Waals surface area (Å²) >= 11 is 0. The van der Waals surface area contributed by atoms with Crippen LogP contribution in [0.4, 0.5) is 0 Å². The van der Waals surface area contributed by atoms with Crippen LogP contribution in [-0.4, -0.2) is 10.2 Å². The highest BCUT2D eigenvalue weighted by Crippen LogP contribution is 1.96. The Morgan fingerprint density at radius 3 is 3.00 bits per heavy atom. The van der Waals surface area contributed by atoms with Crippen molar-refractivity contribution in [2.75, 3.05) is 0 Å². The number of nitrogens with one attached hydrogen (secondary N) is 1. The summed E-state index contributed by atoms with van der Waals surface area (Å²) in [5.74, 6) is 0. The van der Waals surface area contributed by atoms with Crippen LogP contribution in [0, 0.1) is 0 Å². The lowest BCUT2D eigenvalue weighted by atomic mass is 10.2. The molecule has 2 heteroatoms. The van der Waals surface area contributed by atoms with E-state index in [1.807, 2.05) is 6.08 Å². The maximum Gasteiger partial charge on any atom is 0.0644 e. The number of H-pyrrole nitrogens is 1. The van der Waals surface area contributed by atoms with Crippen molar-refractivity contribution in [1.29, 1.82) is 0 Å². The molecule has 1 N–H and O–H groups in total. The molecule has 0 spiro atoms. The fraction of sp³-hybridized carbons (Fsp3) is 0.300.